The number of rotatable bonds is 4. The van der Waals surface area contributed by atoms with Gasteiger partial charge in [0, 0.05) is 32.7 Å². The summed E-state index contributed by atoms with van der Waals surface area (Å²) in [7, 11) is 1.55. The van der Waals surface area contributed by atoms with Crippen LogP contribution in [0.2, 0.25) is 0 Å². The van der Waals surface area contributed by atoms with Gasteiger partial charge in [-0.1, -0.05) is 23.8 Å². The molecule has 1 aromatic carbocycles. The zero-order valence-corrected chi connectivity index (χ0v) is 23.0. The lowest BCUT2D eigenvalue weighted by Gasteiger charge is -2.31. The Morgan fingerprint density at radius 2 is 1.88 bits per heavy atom. The number of aryl methyl sites for hydroxylation is 1. The molecule has 0 saturated carbocycles. The maximum Gasteiger partial charge on any atom is 0.490 e. The first kappa shape index (κ1) is 30.3. The van der Waals surface area contributed by atoms with E-state index in [2.05, 4.69) is 4.90 Å². The highest BCUT2D eigenvalue weighted by Gasteiger charge is 2.38. The summed E-state index contributed by atoms with van der Waals surface area (Å²) in [5.41, 5.74) is 6.31. The zero-order valence-electron chi connectivity index (χ0n) is 23.0. The second-order valence-electron chi connectivity index (χ2n) is 10.1. The monoisotopic (exact) mass is 590 g/mol. The second-order valence-corrected chi connectivity index (χ2v) is 10.1. The average Bonchev–Trinajstić information content (AvgIpc) is 3.32. The average molecular weight is 591 g/mol. The number of carboxylic acids is 1. The number of benzene rings is 1. The minimum atomic E-state index is -5.08. The molecule has 1 saturated heterocycles. The molecule has 4 aromatic rings. The number of fused-ring (bicyclic) bond motifs is 2. The van der Waals surface area contributed by atoms with E-state index in [1.54, 1.807) is 35.9 Å². The molecule has 1 aliphatic heterocycles. The van der Waals surface area contributed by atoms with Gasteiger partial charge >= 0.3 is 17.8 Å². The molecule has 1 fully saturated rings. The van der Waals surface area contributed by atoms with Crippen molar-refractivity contribution in [3.8, 4) is 5.69 Å². The van der Waals surface area contributed by atoms with Gasteiger partial charge in [0.1, 0.15) is 17.5 Å². The normalized spacial score (nSPS) is 15.4. The van der Waals surface area contributed by atoms with Crippen LogP contribution < -0.4 is 27.3 Å². The molecule has 0 aliphatic carbocycles. The lowest BCUT2D eigenvalue weighted by Crippen LogP contribution is -2.44. The van der Waals surface area contributed by atoms with Crippen LogP contribution >= 0.6 is 0 Å². The molecular formula is C27H29F3N6O6. The number of hydrogen-bond donors (Lipinski definition) is 2. The van der Waals surface area contributed by atoms with Crippen LogP contribution in [0.15, 0.2) is 61.0 Å². The fourth-order valence-electron chi connectivity index (χ4n) is 4.62. The lowest BCUT2D eigenvalue weighted by atomic mass is 10.1. The Morgan fingerprint density at radius 3 is 2.50 bits per heavy atom. The van der Waals surface area contributed by atoms with Crippen molar-refractivity contribution in [1.82, 2.24) is 18.7 Å². The molecule has 1 atom stereocenters. The molecule has 42 heavy (non-hydrogen) atoms. The third-order valence-corrected chi connectivity index (χ3v) is 6.70. The Morgan fingerprint density at radius 1 is 1.21 bits per heavy atom. The van der Waals surface area contributed by atoms with E-state index in [0.717, 1.165) is 29.5 Å². The number of carboxylic acid groups (broad SMARTS) is 1. The van der Waals surface area contributed by atoms with Gasteiger partial charge in [0.05, 0.1) is 5.39 Å². The molecule has 4 heterocycles. The van der Waals surface area contributed by atoms with Crippen molar-refractivity contribution in [2.45, 2.75) is 45.5 Å². The number of hydrogen-bond acceptors (Lipinski definition) is 8. The van der Waals surface area contributed by atoms with E-state index in [9.17, 15) is 27.6 Å². The summed E-state index contributed by atoms with van der Waals surface area (Å²) in [6.45, 7) is 5.70. The third-order valence-electron chi connectivity index (χ3n) is 6.70. The van der Waals surface area contributed by atoms with Crippen LogP contribution in [0.5, 0.6) is 0 Å². The molecule has 0 amide bonds. The summed E-state index contributed by atoms with van der Waals surface area (Å²) in [6, 6.07) is 6.72. The van der Waals surface area contributed by atoms with Crippen molar-refractivity contribution in [1.29, 1.82) is 0 Å². The molecule has 0 radical (unpaired) electrons. The Kier molecular flexibility index (Phi) is 8.43. The van der Waals surface area contributed by atoms with Crippen molar-refractivity contribution in [3.63, 3.8) is 0 Å². The summed E-state index contributed by atoms with van der Waals surface area (Å²) in [5, 5.41) is 7.42. The molecule has 0 bridgehead atoms. The number of para-hydroxylation sites is 1. The highest BCUT2D eigenvalue weighted by molar-refractivity contribution is 5.79. The molecule has 15 heteroatoms. The predicted molar refractivity (Wildman–Crippen MR) is 149 cm³/mol. The largest absolute Gasteiger partial charge is 0.490 e. The van der Waals surface area contributed by atoms with Crippen LogP contribution in [0.1, 0.15) is 26.7 Å². The predicted octanol–water partition coefficient (Wildman–Crippen LogP) is 2.52. The topological polar surface area (TPSA) is 159 Å². The fraction of sp³-hybridized carbons (Fsp3) is 0.370. The number of allylic oxidation sites excluding steroid dienone is 2. The van der Waals surface area contributed by atoms with E-state index in [-0.39, 0.29) is 22.9 Å². The molecule has 5 rings (SSSR count). The Bertz CT molecular complexity index is 1860. The van der Waals surface area contributed by atoms with E-state index in [4.69, 9.17) is 25.0 Å². The van der Waals surface area contributed by atoms with Gasteiger partial charge in [-0.3, -0.25) is 14.2 Å². The quantitative estimate of drug-likeness (QED) is 0.341. The Hall–Kier alpha value is -4.66. The van der Waals surface area contributed by atoms with Crippen LogP contribution in [0, 0.1) is 0 Å². The van der Waals surface area contributed by atoms with Gasteiger partial charge in [-0.2, -0.15) is 18.2 Å². The van der Waals surface area contributed by atoms with Crippen molar-refractivity contribution in [2.75, 3.05) is 18.0 Å². The number of anilines is 1. The number of aromatic nitrogens is 4. The second kappa shape index (κ2) is 11.7. The number of nitrogens with zero attached hydrogens (tertiary/aromatic N) is 5. The summed E-state index contributed by atoms with van der Waals surface area (Å²) in [4.78, 5) is 56.2. The molecule has 224 valence electrons. The summed E-state index contributed by atoms with van der Waals surface area (Å²) < 4.78 is 41.3. The molecule has 3 N–H and O–H groups in total. The summed E-state index contributed by atoms with van der Waals surface area (Å²) in [5.74, 6) is -2.17. The fourth-order valence-corrected chi connectivity index (χ4v) is 4.62. The lowest BCUT2D eigenvalue weighted by molar-refractivity contribution is -0.192. The van der Waals surface area contributed by atoms with E-state index < -0.39 is 28.8 Å². The van der Waals surface area contributed by atoms with Gasteiger partial charge in [-0.05, 0) is 38.8 Å². The number of nitrogens with two attached hydrogens (primary N) is 1. The van der Waals surface area contributed by atoms with Gasteiger partial charge in [0.15, 0.2) is 11.2 Å². The highest BCUT2D eigenvalue weighted by Crippen LogP contribution is 2.24. The standard InChI is InChI=1S/C25H28N6O4.C2HF3O2/c1-15(2)10-12-30-20-22(27-24(30)29-11-6-7-16(26)13-29)28(3)25(34)31(23(20)33)18-14-35-19-9-5-4-8-17(19)21(18)32;3-2(4,5)1(6)7/h4-5,8-10,14,16H,6-7,11-13,26H2,1-3H3;(H,6,7). The van der Waals surface area contributed by atoms with E-state index in [1.165, 1.54) is 10.8 Å². The number of alkyl halides is 3. The minimum Gasteiger partial charge on any atom is -0.475 e. The molecular weight excluding hydrogens is 561 g/mol. The van der Waals surface area contributed by atoms with Gasteiger partial charge in [0.25, 0.3) is 5.56 Å². The molecule has 3 aromatic heterocycles. The third kappa shape index (κ3) is 5.86. The van der Waals surface area contributed by atoms with Gasteiger partial charge in [-0.15, -0.1) is 0 Å². The first-order valence-electron chi connectivity index (χ1n) is 12.9. The molecule has 0 spiro atoms. The maximum atomic E-state index is 13.9. The molecule has 1 unspecified atom stereocenters. The number of imidazole rings is 1. The highest BCUT2D eigenvalue weighted by atomic mass is 19.4. The van der Waals surface area contributed by atoms with Crippen molar-refractivity contribution < 1.29 is 27.5 Å². The SMILES string of the molecule is CC(C)=CCn1c(N2CCCC(N)C2)nc2c1c(=O)n(-c1coc3ccccc3c1=O)c(=O)n2C.O=C(O)C(F)(F)F. The Balaban J connectivity index is 0.000000517. The molecule has 12 nitrogen and oxygen atoms in total. The van der Waals surface area contributed by atoms with Crippen molar-refractivity contribution >= 4 is 34.1 Å². The summed E-state index contributed by atoms with van der Waals surface area (Å²) in [6.07, 6.45) is -0.0868. The van der Waals surface area contributed by atoms with Crippen LogP contribution in [-0.4, -0.2) is 55.1 Å². The van der Waals surface area contributed by atoms with Gasteiger partial charge in [0.2, 0.25) is 11.4 Å². The number of carbonyl (C=O) groups is 1. The minimum absolute atomic E-state index is 0.00294. The van der Waals surface area contributed by atoms with Crippen LogP contribution in [0.25, 0.3) is 27.8 Å². The van der Waals surface area contributed by atoms with Crippen LogP contribution in [0.4, 0.5) is 19.1 Å². The zero-order chi connectivity index (χ0) is 30.9. The van der Waals surface area contributed by atoms with E-state index >= 15 is 0 Å². The number of aliphatic carboxylic acids is 1. The van der Waals surface area contributed by atoms with Crippen LogP contribution in [0.3, 0.4) is 0 Å². The molecule has 1 aliphatic rings. The Labute approximate surface area is 235 Å². The van der Waals surface area contributed by atoms with Crippen molar-refractivity contribution in [2.24, 2.45) is 12.8 Å². The van der Waals surface area contributed by atoms with Gasteiger partial charge < -0.3 is 24.7 Å². The van der Waals surface area contributed by atoms with Crippen molar-refractivity contribution in [3.05, 3.63) is 73.2 Å². The number of halogens is 3. The maximum absolute atomic E-state index is 13.9. The van der Waals surface area contributed by atoms with E-state index in [1.807, 2.05) is 19.9 Å². The van der Waals surface area contributed by atoms with Crippen LogP contribution in [-0.2, 0) is 18.4 Å². The summed E-state index contributed by atoms with van der Waals surface area (Å²) >= 11 is 0. The first-order valence-corrected chi connectivity index (χ1v) is 12.9. The first-order chi connectivity index (χ1) is 19.7. The van der Waals surface area contributed by atoms with E-state index in [0.29, 0.717) is 30.0 Å². The van der Waals surface area contributed by atoms with Gasteiger partial charge in [-0.25, -0.2) is 14.2 Å². The number of piperidine rings is 1. The smallest absolute Gasteiger partial charge is 0.475 e.